The number of carboxylic acid groups (broad SMARTS) is 1. The van der Waals surface area contributed by atoms with Crippen LogP contribution in [0, 0.1) is 0 Å². The maximum atomic E-state index is 10.6. The second-order valence-corrected chi connectivity index (χ2v) is 3.09. The van der Waals surface area contributed by atoms with Crippen LogP contribution in [0.15, 0.2) is 24.3 Å². The fourth-order valence-corrected chi connectivity index (χ4v) is 1.03. The molecule has 0 aromatic heterocycles. The van der Waals surface area contributed by atoms with Gasteiger partial charge < -0.3 is 5.11 Å². The summed E-state index contributed by atoms with van der Waals surface area (Å²) < 4.78 is 0. The van der Waals surface area contributed by atoms with Crippen molar-refractivity contribution >= 4 is 18.1 Å². The summed E-state index contributed by atoms with van der Waals surface area (Å²) in [5, 5.41) is 8.69. The van der Waals surface area contributed by atoms with Crippen LogP contribution < -0.4 is 5.46 Å². The van der Waals surface area contributed by atoms with Gasteiger partial charge in [-0.3, -0.25) is 0 Å². The second kappa shape index (κ2) is 3.43. The van der Waals surface area contributed by atoms with Crippen LogP contribution in [0.2, 0.25) is 13.6 Å². The Morgan fingerprint density at radius 1 is 1.42 bits per heavy atom. The predicted octanol–water partition coefficient (Wildman–Crippen LogP) is 1.35. The Morgan fingerprint density at radius 2 is 2.08 bits per heavy atom. The third-order valence-corrected chi connectivity index (χ3v) is 1.80. The highest BCUT2D eigenvalue weighted by molar-refractivity contribution is 6.70. The fraction of sp³-hybridized carbons (Fsp3) is 0.222. The Kier molecular flexibility index (Phi) is 2.53. The van der Waals surface area contributed by atoms with Crippen molar-refractivity contribution in [2.75, 3.05) is 0 Å². The number of aromatic carboxylic acids is 1. The number of rotatable bonds is 2. The minimum Gasteiger partial charge on any atom is -0.478 e. The largest absolute Gasteiger partial charge is 0.478 e. The van der Waals surface area contributed by atoms with Gasteiger partial charge in [-0.25, -0.2) is 4.79 Å². The zero-order chi connectivity index (χ0) is 9.14. The molecule has 2 nitrogen and oxygen atoms in total. The highest BCUT2D eigenvalue weighted by Crippen LogP contribution is 1.97. The molecule has 0 radical (unpaired) electrons. The molecule has 0 saturated carbocycles. The lowest BCUT2D eigenvalue weighted by Crippen LogP contribution is -2.23. The van der Waals surface area contributed by atoms with Gasteiger partial charge in [0.05, 0.1) is 5.56 Å². The molecule has 0 bridgehead atoms. The van der Waals surface area contributed by atoms with Crippen LogP contribution >= 0.6 is 0 Å². The lowest BCUT2D eigenvalue weighted by Gasteiger charge is -2.02. The van der Waals surface area contributed by atoms with E-state index >= 15 is 0 Å². The number of carboxylic acids is 1. The summed E-state index contributed by atoms with van der Waals surface area (Å²) in [4.78, 5) is 10.6. The van der Waals surface area contributed by atoms with E-state index in [1.165, 1.54) is 0 Å². The molecule has 0 fully saturated rings. The van der Waals surface area contributed by atoms with Gasteiger partial charge in [0.1, 0.15) is 0 Å². The molecule has 0 amide bonds. The van der Waals surface area contributed by atoms with Gasteiger partial charge in [-0.1, -0.05) is 37.3 Å². The summed E-state index contributed by atoms with van der Waals surface area (Å²) in [7, 11) is 0. The van der Waals surface area contributed by atoms with Crippen LogP contribution in [0.25, 0.3) is 0 Å². The Bertz CT molecular complexity index is 294. The van der Waals surface area contributed by atoms with Crippen molar-refractivity contribution in [2.45, 2.75) is 13.6 Å². The summed E-state index contributed by atoms with van der Waals surface area (Å²) >= 11 is 0. The lowest BCUT2D eigenvalue weighted by atomic mass is 9.49. The molecule has 1 aromatic rings. The molecule has 62 valence electrons. The van der Waals surface area contributed by atoms with Crippen molar-refractivity contribution in [2.24, 2.45) is 0 Å². The number of benzene rings is 1. The van der Waals surface area contributed by atoms with E-state index in [1.54, 1.807) is 18.2 Å². The van der Waals surface area contributed by atoms with Crippen LogP contribution in [-0.4, -0.2) is 17.8 Å². The van der Waals surface area contributed by atoms with Gasteiger partial charge in [-0.15, -0.1) is 0 Å². The second-order valence-electron chi connectivity index (χ2n) is 3.09. The lowest BCUT2D eigenvalue weighted by molar-refractivity contribution is 0.0697. The van der Waals surface area contributed by atoms with Crippen molar-refractivity contribution in [1.82, 2.24) is 0 Å². The van der Waals surface area contributed by atoms with Gasteiger partial charge in [0, 0.05) is 0 Å². The van der Waals surface area contributed by atoms with E-state index in [0.717, 1.165) is 5.46 Å². The Labute approximate surface area is 72.3 Å². The Hall–Kier alpha value is -1.25. The predicted molar refractivity (Wildman–Crippen MR) is 50.5 cm³/mol. The van der Waals surface area contributed by atoms with E-state index in [9.17, 15) is 4.79 Å². The van der Waals surface area contributed by atoms with E-state index in [4.69, 9.17) is 5.11 Å². The summed E-state index contributed by atoms with van der Waals surface area (Å²) in [6.45, 7) is 4.46. The van der Waals surface area contributed by atoms with Gasteiger partial charge in [-0.2, -0.15) is 0 Å². The molecule has 3 heteroatoms. The summed E-state index contributed by atoms with van der Waals surface area (Å²) in [5.74, 6) is -0.863. The Balaban J connectivity index is 3.04. The molecule has 0 atom stereocenters. The minimum absolute atomic E-state index is 0.362. The zero-order valence-electron chi connectivity index (χ0n) is 7.24. The van der Waals surface area contributed by atoms with Crippen LogP contribution in [-0.2, 0) is 0 Å². The molecule has 1 rings (SSSR count). The first-order chi connectivity index (χ1) is 5.61. The standard InChI is InChI=1S/C9H11BO2/c1-10(2)8-5-3-4-7(6-8)9(11)12/h3-6H,1-2H3,(H,11,12). The fourth-order valence-electron chi connectivity index (χ4n) is 1.03. The third-order valence-electron chi connectivity index (χ3n) is 1.80. The number of hydrogen-bond acceptors (Lipinski definition) is 1. The van der Waals surface area contributed by atoms with E-state index in [-0.39, 0.29) is 0 Å². The number of carbonyl (C=O) groups is 1. The average Bonchev–Trinajstić information content (AvgIpc) is 2.04. The van der Waals surface area contributed by atoms with Crippen molar-refractivity contribution < 1.29 is 9.90 Å². The molecule has 1 aromatic carbocycles. The first-order valence-corrected chi connectivity index (χ1v) is 3.94. The molecule has 0 heterocycles. The van der Waals surface area contributed by atoms with E-state index in [1.807, 2.05) is 19.7 Å². The Morgan fingerprint density at radius 3 is 2.58 bits per heavy atom. The molecular weight excluding hydrogens is 151 g/mol. The third kappa shape index (κ3) is 1.88. The first-order valence-electron chi connectivity index (χ1n) is 3.94. The molecule has 0 aliphatic carbocycles. The van der Waals surface area contributed by atoms with Crippen LogP contribution in [0.4, 0.5) is 0 Å². The van der Waals surface area contributed by atoms with Crippen LogP contribution in [0.1, 0.15) is 10.4 Å². The molecule has 0 unspecified atom stereocenters. The minimum atomic E-state index is -0.863. The summed E-state index contributed by atoms with van der Waals surface area (Å²) in [6.07, 6.45) is 0. The molecular formula is C9H11BO2. The van der Waals surface area contributed by atoms with Gasteiger partial charge in [0.2, 0.25) is 0 Å². The van der Waals surface area contributed by atoms with Crippen molar-refractivity contribution in [1.29, 1.82) is 0 Å². The zero-order valence-corrected chi connectivity index (χ0v) is 7.24. The van der Waals surface area contributed by atoms with Crippen LogP contribution in [0.5, 0.6) is 0 Å². The topological polar surface area (TPSA) is 37.3 Å². The van der Waals surface area contributed by atoms with Crippen molar-refractivity contribution in [3.8, 4) is 0 Å². The molecule has 0 aliphatic rings. The van der Waals surface area contributed by atoms with Crippen molar-refractivity contribution in [3.05, 3.63) is 29.8 Å². The SMILES string of the molecule is CB(C)c1cccc(C(=O)O)c1. The quantitative estimate of drug-likeness (QED) is 0.666. The average molecular weight is 162 g/mol. The van der Waals surface area contributed by atoms with Gasteiger partial charge in [0.25, 0.3) is 0 Å². The molecule has 0 saturated heterocycles. The monoisotopic (exact) mass is 162 g/mol. The molecule has 0 aliphatic heterocycles. The van der Waals surface area contributed by atoms with Crippen molar-refractivity contribution in [3.63, 3.8) is 0 Å². The van der Waals surface area contributed by atoms with E-state index in [2.05, 4.69) is 0 Å². The smallest absolute Gasteiger partial charge is 0.335 e. The highest BCUT2D eigenvalue weighted by Gasteiger charge is 2.06. The van der Waals surface area contributed by atoms with E-state index < -0.39 is 5.97 Å². The van der Waals surface area contributed by atoms with Crippen LogP contribution in [0.3, 0.4) is 0 Å². The molecule has 12 heavy (non-hydrogen) atoms. The highest BCUT2D eigenvalue weighted by atomic mass is 16.4. The van der Waals surface area contributed by atoms with Gasteiger partial charge in [-0.05, 0) is 6.07 Å². The van der Waals surface area contributed by atoms with E-state index in [0.29, 0.717) is 12.3 Å². The van der Waals surface area contributed by atoms with Gasteiger partial charge >= 0.3 is 5.97 Å². The molecule has 1 N–H and O–H groups in total. The first kappa shape index (κ1) is 8.85. The number of hydrogen-bond donors (Lipinski definition) is 1. The maximum absolute atomic E-state index is 10.6. The normalized spacial score (nSPS) is 9.50. The molecule has 0 spiro atoms. The summed E-state index contributed by atoms with van der Waals surface area (Å²) in [5.41, 5.74) is 1.43. The summed E-state index contributed by atoms with van der Waals surface area (Å²) in [6, 6.07) is 7.04. The van der Waals surface area contributed by atoms with Gasteiger partial charge in [0.15, 0.2) is 6.71 Å². The maximum Gasteiger partial charge on any atom is 0.335 e.